The second kappa shape index (κ2) is 8.49. The van der Waals surface area contributed by atoms with Crippen LogP contribution in [0, 0.1) is 5.92 Å². The minimum Gasteiger partial charge on any atom is -0.360 e. The number of thioether (sulfide) groups is 1. The third-order valence-corrected chi connectivity index (χ3v) is 5.46. The van der Waals surface area contributed by atoms with E-state index in [9.17, 15) is 9.59 Å². The van der Waals surface area contributed by atoms with E-state index in [1.165, 1.54) is 23.1 Å². The number of nitrogens with one attached hydrogen (secondary N) is 1. The molecule has 0 bridgehead atoms. The monoisotopic (exact) mass is 357 g/mol. The van der Waals surface area contributed by atoms with E-state index >= 15 is 0 Å². The molecule has 1 aromatic heterocycles. The summed E-state index contributed by atoms with van der Waals surface area (Å²) in [6.07, 6.45) is 0. The highest BCUT2D eigenvalue weighted by atomic mass is 32.2. The molecule has 1 aliphatic rings. The van der Waals surface area contributed by atoms with Gasteiger partial charge in [-0.25, -0.2) is 0 Å². The van der Waals surface area contributed by atoms with Crippen LogP contribution in [-0.2, 0) is 9.59 Å². The summed E-state index contributed by atoms with van der Waals surface area (Å²) >= 11 is 2.89. The Morgan fingerprint density at radius 1 is 1.22 bits per heavy atom. The van der Waals surface area contributed by atoms with Crippen molar-refractivity contribution in [2.24, 2.45) is 5.92 Å². The quantitative estimate of drug-likeness (QED) is 0.775. The zero-order valence-corrected chi connectivity index (χ0v) is 15.4. The molecule has 2 heterocycles. The third-order valence-electron chi connectivity index (χ3n) is 3.46. The zero-order chi connectivity index (χ0) is 16.8. The molecule has 1 fully saturated rings. The maximum absolute atomic E-state index is 12.2. The molecule has 0 unspecified atom stereocenters. The van der Waals surface area contributed by atoms with E-state index < -0.39 is 0 Å². The number of hydrogen-bond donors (Lipinski definition) is 1. The number of piperazine rings is 1. The minimum absolute atomic E-state index is 0.0711. The molecular weight excluding hydrogens is 334 g/mol. The molecule has 1 saturated heterocycles. The molecule has 23 heavy (non-hydrogen) atoms. The maximum Gasteiger partial charge on any atom is 0.233 e. The van der Waals surface area contributed by atoms with Gasteiger partial charge in [-0.15, -0.1) is 10.2 Å². The second-order valence-electron chi connectivity index (χ2n) is 5.82. The Hall–Kier alpha value is -1.35. The van der Waals surface area contributed by atoms with Crippen molar-refractivity contribution in [3.05, 3.63) is 0 Å². The fraction of sp³-hybridized carbons (Fsp3) is 0.714. The highest BCUT2D eigenvalue weighted by Gasteiger charge is 2.22. The number of amides is 2. The third kappa shape index (κ3) is 5.65. The molecule has 1 N–H and O–H groups in total. The molecule has 2 rings (SSSR count). The van der Waals surface area contributed by atoms with Gasteiger partial charge in [-0.3, -0.25) is 9.59 Å². The Bertz CT molecular complexity index is 541. The summed E-state index contributed by atoms with van der Waals surface area (Å²) in [7, 11) is 0. The molecule has 1 aliphatic heterocycles. The van der Waals surface area contributed by atoms with Crippen LogP contribution in [-0.4, -0.2) is 70.3 Å². The van der Waals surface area contributed by atoms with Crippen molar-refractivity contribution in [3.8, 4) is 0 Å². The van der Waals surface area contributed by atoms with Crippen LogP contribution in [0.5, 0.6) is 0 Å². The first-order chi connectivity index (χ1) is 11.0. The average Bonchev–Trinajstić information content (AvgIpc) is 2.98. The zero-order valence-electron chi connectivity index (χ0n) is 13.7. The van der Waals surface area contributed by atoms with Crippen molar-refractivity contribution < 1.29 is 9.59 Å². The van der Waals surface area contributed by atoms with E-state index in [0.29, 0.717) is 37.8 Å². The lowest BCUT2D eigenvalue weighted by Crippen LogP contribution is -2.50. The molecule has 7 nitrogen and oxygen atoms in total. The minimum atomic E-state index is 0.0711. The predicted octanol–water partition coefficient (Wildman–Crippen LogP) is 1.39. The Kier molecular flexibility index (Phi) is 6.64. The average molecular weight is 358 g/mol. The van der Waals surface area contributed by atoms with Gasteiger partial charge in [-0.1, -0.05) is 36.9 Å². The molecule has 1 aromatic rings. The topological polar surface area (TPSA) is 78.4 Å². The number of carbonyl (C=O) groups is 2. The summed E-state index contributed by atoms with van der Waals surface area (Å²) in [5, 5.41) is 12.2. The molecule has 2 amide bonds. The van der Waals surface area contributed by atoms with Crippen LogP contribution in [0.25, 0.3) is 0 Å². The first-order valence-corrected chi connectivity index (χ1v) is 9.49. The van der Waals surface area contributed by atoms with Gasteiger partial charge in [0, 0.05) is 39.6 Å². The number of anilines is 1. The second-order valence-corrected chi connectivity index (χ2v) is 8.02. The molecule has 0 aliphatic carbocycles. The van der Waals surface area contributed by atoms with Crippen molar-refractivity contribution in [1.29, 1.82) is 0 Å². The largest absolute Gasteiger partial charge is 0.360 e. The normalized spacial score (nSPS) is 15.1. The maximum atomic E-state index is 12.2. The van der Waals surface area contributed by atoms with E-state index in [0.717, 1.165) is 16.0 Å². The Morgan fingerprint density at radius 3 is 2.48 bits per heavy atom. The Balaban J connectivity index is 1.73. The Labute approximate surface area is 144 Å². The Morgan fingerprint density at radius 2 is 1.87 bits per heavy atom. The summed E-state index contributed by atoms with van der Waals surface area (Å²) in [5.41, 5.74) is 0. The molecular formula is C14H23N5O2S2. The first kappa shape index (κ1) is 18.0. The van der Waals surface area contributed by atoms with E-state index in [1.54, 1.807) is 11.8 Å². The smallest absolute Gasteiger partial charge is 0.233 e. The van der Waals surface area contributed by atoms with Gasteiger partial charge in [0.25, 0.3) is 0 Å². The highest BCUT2D eigenvalue weighted by molar-refractivity contribution is 8.01. The van der Waals surface area contributed by atoms with Gasteiger partial charge >= 0.3 is 0 Å². The fourth-order valence-corrected chi connectivity index (χ4v) is 3.78. The van der Waals surface area contributed by atoms with Crippen LogP contribution in [0.1, 0.15) is 20.8 Å². The summed E-state index contributed by atoms with van der Waals surface area (Å²) < 4.78 is 0.798. The molecule has 0 atom stereocenters. The van der Waals surface area contributed by atoms with Crippen LogP contribution in [0.15, 0.2) is 4.34 Å². The van der Waals surface area contributed by atoms with Crippen LogP contribution >= 0.6 is 23.1 Å². The lowest BCUT2D eigenvalue weighted by Gasteiger charge is -2.34. The number of hydrogen-bond acceptors (Lipinski definition) is 7. The molecule has 0 spiro atoms. The van der Waals surface area contributed by atoms with E-state index in [1.807, 2.05) is 4.90 Å². The number of nitrogens with zero attached hydrogens (tertiary/aromatic N) is 4. The number of aromatic nitrogens is 2. The summed E-state index contributed by atoms with van der Waals surface area (Å²) in [6, 6.07) is 0. The van der Waals surface area contributed by atoms with Gasteiger partial charge in [0.2, 0.25) is 16.9 Å². The molecule has 0 saturated carbocycles. The number of rotatable bonds is 6. The van der Waals surface area contributed by atoms with Gasteiger partial charge in [0.15, 0.2) is 4.34 Å². The van der Waals surface area contributed by atoms with E-state index in [2.05, 4.69) is 29.4 Å². The fourth-order valence-electron chi connectivity index (χ4n) is 2.12. The summed E-state index contributed by atoms with van der Waals surface area (Å²) in [6.45, 7) is 9.14. The van der Waals surface area contributed by atoms with Crippen molar-refractivity contribution >= 4 is 40.0 Å². The molecule has 9 heteroatoms. The molecule has 0 radical (unpaired) electrons. The summed E-state index contributed by atoms with van der Waals surface area (Å²) in [5.74, 6) is 1.07. The first-order valence-electron chi connectivity index (χ1n) is 7.69. The van der Waals surface area contributed by atoms with Crippen molar-refractivity contribution in [2.45, 2.75) is 25.1 Å². The van der Waals surface area contributed by atoms with Crippen LogP contribution in [0.2, 0.25) is 0 Å². The SMILES string of the molecule is CC(=O)N1CCN(C(=O)CSc2nnc(NCC(C)C)s2)CC1. The van der Waals surface area contributed by atoms with Gasteiger partial charge in [-0.05, 0) is 5.92 Å². The van der Waals surface area contributed by atoms with Crippen LogP contribution in [0.3, 0.4) is 0 Å². The molecule has 0 aromatic carbocycles. The van der Waals surface area contributed by atoms with Crippen molar-refractivity contribution in [1.82, 2.24) is 20.0 Å². The van der Waals surface area contributed by atoms with E-state index in [-0.39, 0.29) is 11.8 Å². The van der Waals surface area contributed by atoms with Gasteiger partial charge < -0.3 is 15.1 Å². The van der Waals surface area contributed by atoms with Crippen molar-refractivity contribution in [3.63, 3.8) is 0 Å². The molecule has 128 valence electrons. The standard InChI is InChI=1S/C14H23N5O2S2/c1-10(2)8-15-13-16-17-14(23-13)22-9-12(21)19-6-4-18(5-7-19)11(3)20/h10H,4-9H2,1-3H3,(H,15,16). The van der Waals surface area contributed by atoms with Crippen LogP contribution < -0.4 is 5.32 Å². The lowest BCUT2D eigenvalue weighted by molar-refractivity contribution is -0.136. The van der Waals surface area contributed by atoms with Gasteiger partial charge in [0.1, 0.15) is 0 Å². The van der Waals surface area contributed by atoms with Gasteiger partial charge in [0.05, 0.1) is 5.75 Å². The lowest BCUT2D eigenvalue weighted by atomic mass is 10.2. The van der Waals surface area contributed by atoms with Crippen LogP contribution in [0.4, 0.5) is 5.13 Å². The van der Waals surface area contributed by atoms with Crippen molar-refractivity contribution in [2.75, 3.05) is 43.8 Å². The van der Waals surface area contributed by atoms with Gasteiger partial charge in [-0.2, -0.15) is 0 Å². The highest BCUT2D eigenvalue weighted by Crippen LogP contribution is 2.25. The van der Waals surface area contributed by atoms with E-state index in [4.69, 9.17) is 0 Å². The predicted molar refractivity (Wildman–Crippen MR) is 92.8 cm³/mol. The number of carbonyl (C=O) groups excluding carboxylic acids is 2. The summed E-state index contributed by atoms with van der Waals surface area (Å²) in [4.78, 5) is 27.1.